The fourth-order valence-electron chi connectivity index (χ4n) is 1.33. The van der Waals surface area contributed by atoms with Crippen molar-refractivity contribution in [3.8, 4) is 0 Å². The Labute approximate surface area is 73.8 Å². The van der Waals surface area contributed by atoms with Crippen molar-refractivity contribution in [3.05, 3.63) is 21.0 Å². The van der Waals surface area contributed by atoms with Crippen LogP contribution >= 0.6 is 11.8 Å². The van der Waals surface area contributed by atoms with Crippen molar-refractivity contribution in [2.75, 3.05) is 0 Å². The highest BCUT2D eigenvalue weighted by atomic mass is 32.2. The molecule has 0 aliphatic carbocycles. The van der Waals surface area contributed by atoms with E-state index in [0.717, 1.165) is 0 Å². The minimum atomic E-state index is 0.663. The molecule has 1 rings (SSSR count). The maximum atomic E-state index is 2.29. The van der Waals surface area contributed by atoms with Crippen LogP contribution in [0.15, 0.2) is 21.0 Å². The summed E-state index contributed by atoms with van der Waals surface area (Å²) >= 11 is 1.92. The molecule has 0 nitrogen and oxygen atoms in total. The molecule has 0 unspecified atom stereocenters. The normalized spacial score (nSPS) is 21.5. The highest BCUT2D eigenvalue weighted by molar-refractivity contribution is 8.06. The van der Waals surface area contributed by atoms with Crippen molar-refractivity contribution in [1.82, 2.24) is 0 Å². The molecule has 0 aromatic carbocycles. The van der Waals surface area contributed by atoms with Crippen molar-refractivity contribution < 1.29 is 0 Å². The summed E-state index contributed by atoms with van der Waals surface area (Å²) in [6, 6.07) is 0. The summed E-state index contributed by atoms with van der Waals surface area (Å²) in [5, 5.41) is 0. The fraction of sp³-hybridized carbons (Fsp3) is 0.600. The number of thioether (sulfide) groups is 1. The number of hydrogen-bond donors (Lipinski definition) is 0. The highest BCUT2D eigenvalue weighted by Gasteiger charge is 2.17. The molecule has 0 atom stereocenters. The van der Waals surface area contributed by atoms with Crippen LogP contribution in [0.1, 0.15) is 34.6 Å². The van der Waals surface area contributed by atoms with Gasteiger partial charge in [-0.1, -0.05) is 29.8 Å². The molecular formula is C10H16S. The predicted molar refractivity (Wildman–Crippen MR) is 53.5 cm³/mol. The van der Waals surface area contributed by atoms with E-state index in [2.05, 4.69) is 34.6 Å². The molecule has 62 valence electrons. The molecule has 11 heavy (non-hydrogen) atoms. The van der Waals surface area contributed by atoms with Gasteiger partial charge >= 0.3 is 0 Å². The summed E-state index contributed by atoms with van der Waals surface area (Å²) < 4.78 is 0. The summed E-state index contributed by atoms with van der Waals surface area (Å²) in [5.74, 6) is 0.663. The van der Waals surface area contributed by atoms with Crippen molar-refractivity contribution in [3.63, 3.8) is 0 Å². The second-order valence-corrected chi connectivity index (χ2v) is 4.73. The molecule has 0 N–H and O–H groups in total. The quantitative estimate of drug-likeness (QED) is 0.527. The van der Waals surface area contributed by atoms with Crippen molar-refractivity contribution in [2.45, 2.75) is 34.6 Å². The maximum absolute atomic E-state index is 2.29. The summed E-state index contributed by atoms with van der Waals surface area (Å²) in [7, 11) is 0. The van der Waals surface area contributed by atoms with Gasteiger partial charge in [0.05, 0.1) is 0 Å². The second-order valence-electron chi connectivity index (χ2n) is 3.30. The summed E-state index contributed by atoms with van der Waals surface area (Å²) in [6.45, 7) is 11.2. The summed E-state index contributed by atoms with van der Waals surface area (Å²) in [5.41, 5.74) is 3.08. The lowest BCUT2D eigenvalue weighted by Gasteiger charge is -2.24. The lowest BCUT2D eigenvalue weighted by molar-refractivity contribution is 0.786. The predicted octanol–water partition coefficient (Wildman–Crippen LogP) is 3.96. The first-order chi connectivity index (χ1) is 5.04. The minimum absolute atomic E-state index is 0.663. The standard InChI is InChI=1S/C10H16S/c1-6-7(2)9(4)11-10(5)8(6)3/h6H,1-5H3. The van der Waals surface area contributed by atoms with E-state index in [9.17, 15) is 0 Å². The highest BCUT2D eigenvalue weighted by Crippen LogP contribution is 2.40. The van der Waals surface area contributed by atoms with Gasteiger partial charge in [-0.3, -0.25) is 0 Å². The average molecular weight is 168 g/mol. The number of rotatable bonds is 0. The van der Waals surface area contributed by atoms with Crippen LogP contribution < -0.4 is 0 Å². The van der Waals surface area contributed by atoms with Crippen LogP contribution in [0.3, 0.4) is 0 Å². The Morgan fingerprint density at radius 1 is 0.909 bits per heavy atom. The zero-order valence-corrected chi connectivity index (χ0v) is 8.80. The monoisotopic (exact) mass is 168 g/mol. The molecule has 0 radical (unpaired) electrons. The Morgan fingerprint density at radius 2 is 1.27 bits per heavy atom. The van der Waals surface area contributed by atoms with Gasteiger partial charge in [0.25, 0.3) is 0 Å². The van der Waals surface area contributed by atoms with Crippen LogP contribution in [0, 0.1) is 5.92 Å². The molecule has 0 spiro atoms. The van der Waals surface area contributed by atoms with Crippen LogP contribution in [0.2, 0.25) is 0 Å². The molecule has 0 bridgehead atoms. The molecule has 0 fully saturated rings. The molecule has 0 saturated carbocycles. The third kappa shape index (κ3) is 1.53. The van der Waals surface area contributed by atoms with E-state index >= 15 is 0 Å². The van der Waals surface area contributed by atoms with Gasteiger partial charge in [0.1, 0.15) is 0 Å². The summed E-state index contributed by atoms with van der Waals surface area (Å²) in [4.78, 5) is 2.97. The Bertz CT molecular complexity index is 209. The van der Waals surface area contributed by atoms with Crippen molar-refractivity contribution >= 4 is 11.8 Å². The number of allylic oxidation sites excluding steroid dienone is 4. The first-order valence-corrected chi connectivity index (χ1v) is 4.88. The van der Waals surface area contributed by atoms with E-state index in [0.29, 0.717) is 5.92 Å². The van der Waals surface area contributed by atoms with Crippen LogP contribution in [-0.2, 0) is 0 Å². The third-order valence-corrected chi connectivity index (χ3v) is 3.97. The van der Waals surface area contributed by atoms with Gasteiger partial charge in [-0.25, -0.2) is 0 Å². The van der Waals surface area contributed by atoms with E-state index in [1.54, 1.807) is 0 Å². The largest absolute Gasteiger partial charge is 0.0997 e. The fourth-order valence-corrected chi connectivity index (χ4v) is 2.46. The molecular weight excluding hydrogens is 152 g/mol. The van der Waals surface area contributed by atoms with Gasteiger partial charge in [0, 0.05) is 0 Å². The second kappa shape index (κ2) is 3.06. The minimum Gasteiger partial charge on any atom is -0.0997 e. The van der Waals surface area contributed by atoms with E-state index in [1.165, 1.54) is 21.0 Å². The first kappa shape index (κ1) is 8.92. The first-order valence-electron chi connectivity index (χ1n) is 4.06. The van der Waals surface area contributed by atoms with Gasteiger partial charge in [0.15, 0.2) is 0 Å². The van der Waals surface area contributed by atoms with Gasteiger partial charge in [-0.15, -0.1) is 0 Å². The Morgan fingerprint density at radius 3 is 1.64 bits per heavy atom. The molecule has 0 amide bonds. The molecule has 0 aromatic rings. The van der Waals surface area contributed by atoms with Gasteiger partial charge in [-0.05, 0) is 43.4 Å². The van der Waals surface area contributed by atoms with Crippen molar-refractivity contribution in [1.29, 1.82) is 0 Å². The topological polar surface area (TPSA) is 0 Å². The van der Waals surface area contributed by atoms with Gasteiger partial charge < -0.3 is 0 Å². The molecule has 1 aliphatic heterocycles. The van der Waals surface area contributed by atoms with Gasteiger partial charge in [-0.2, -0.15) is 0 Å². The van der Waals surface area contributed by atoms with Crippen LogP contribution in [0.4, 0.5) is 0 Å². The average Bonchev–Trinajstić information content (AvgIpc) is 1.97. The Kier molecular flexibility index (Phi) is 2.48. The zero-order valence-electron chi connectivity index (χ0n) is 7.99. The van der Waals surface area contributed by atoms with Crippen LogP contribution in [0.5, 0.6) is 0 Å². The van der Waals surface area contributed by atoms with E-state index in [-0.39, 0.29) is 0 Å². The SMILES string of the molecule is CC1=C(C)C(C)C(C)=C(C)S1. The molecule has 1 heterocycles. The van der Waals surface area contributed by atoms with Crippen molar-refractivity contribution in [2.24, 2.45) is 5.92 Å². The van der Waals surface area contributed by atoms with Crippen LogP contribution in [0.25, 0.3) is 0 Å². The van der Waals surface area contributed by atoms with Gasteiger partial charge in [0.2, 0.25) is 0 Å². The zero-order chi connectivity index (χ0) is 8.59. The summed E-state index contributed by atoms with van der Waals surface area (Å²) in [6.07, 6.45) is 0. The Hall–Kier alpha value is -0.170. The van der Waals surface area contributed by atoms with E-state index in [1.807, 2.05) is 11.8 Å². The lowest BCUT2D eigenvalue weighted by atomic mass is 9.94. The lowest BCUT2D eigenvalue weighted by Crippen LogP contribution is -2.05. The van der Waals surface area contributed by atoms with E-state index in [4.69, 9.17) is 0 Å². The molecule has 0 saturated heterocycles. The molecule has 1 aliphatic rings. The smallest absolute Gasteiger partial charge is 0.000515 e. The molecule has 1 heteroatoms. The van der Waals surface area contributed by atoms with Crippen LogP contribution in [-0.4, -0.2) is 0 Å². The number of hydrogen-bond acceptors (Lipinski definition) is 1. The maximum Gasteiger partial charge on any atom is -0.000515 e. The Balaban J connectivity index is 2.98. The third-order valence-electron chi connectivity index (χ3n) is 2.72. The molecule has 0 aromatic heterocycles. The van der Waals surface area contributed by atoms with E-state index < -0.39 is 0 Å².